The van der Waals surface area contributed by atoms with Crippen molar-refractivity contribution >= 4 is 43.6 Å². The van der Waals surface area contributed by atoms with Crippen LogP contribution in [0.2, 0.25) is 0 Å². The third-order valence-electron chi connectivity index (χ3n) is 9.65. The number of hydrogen-bond acceptors (Lipinski definition) is 0. The maximum atomic E-state index is 2.44. The van der Waals surface area contributed by atoms with Gasteiger partial charge < -0.3 is 9.13 Å². The average Bonchev–Trinajstić information content (AvgIpc) is 3.57. The molecule has 0 saturated carbocycles. The van der Waals surface area contributed by atoms with Crippen molar-refractivity contribution in [2.24, 2.45) is 0 Å². The summed E-state index contributed by atoms with van der Waals surface area (Å²) in [5, 5.41) is 5.24. The van der Waals surface area contributed by atoms with Crippen molar-refractivity contribution < 1.29 is 0 Å². The lowest BCUT2D eigenvalue weighted by atomic mass is 9.78. The standard InChI is InChI=1S/C43H38N2/c1-29(2)31-20-22-36-37-25-30(19-23-40(37)45(42(36)26-31)34-15-9-6-10-16-34)28-43(3,4)32-21-24-41-38(27-32)35-17-11-12-18-39(35)44(41)33-13-7-5-8-14-33/h5-27,29H,28H2,1-4H3. The van der Waals surface area contributed by atoms with Crippen LogP contribution in [-0.4, -0.2) is 9.13 Å². The molecule has 0 N–H and O–H groups in total. The number of benzene rings is 6. The van der Waals surface area contributed by atoms with E-state index in [0.717, 1.165) is 6.42 Å². The molecular formula is C43H38N2. The van der Waals surface area contributed by atoms with Gasteiger partial charge in [-0.05, 0) is 95.1 Å². The molecule has 8 rings (SSSR count). The molecule has 0 amide bonds. The number of rotatable bonds is 6. The fourth-order valence-electron chi connectivity index (χ4n) is 7.27. The van der Waals surface area contributed by atoms with Crippen LogP contribution in [0.5, 0.6) is 0 Å². The fourth-order valence-corrected chi connectivity index (χ4v) is 7.27. The van der Waals surface area contributed by atoms with Crippen molar-refractivity contribution in [2.75, 3.05) is 0 Å². The summed E-state index contributed by atoms with van der Waals surface area (Å²) >= 11 is 0. The highest BCUT2D eigenvalue weighted by Gasteiger charge is 2.24. The molecule has 0 saturated heterocycles. The van der Waals surface area contributed by atoms with Gasteiger partial charge in [-0.2, -0.15) is 0 Å². The van der Waals surface area contributed by atoms with E-state index in [-0.39, 0.29) is 5.41 Å². The molecule has 0 bridgehead atoms. The summed E-state index contributed by atoms with van der Waals surface area (Å²) in [6.45, 7) is 9.31. The molecule has 2 nitrogen and oxygen atoms in total. The molecule has 0 aliphatic heterocycles. The minimum Gasteiger partial charge on any atom is -0.309 e. The highest BCUT2D eigenvalue weighted by Crippen LogP contribution is 2.38. The summed E-state index contributed by atoms with van der Waals surface area (Å²) in [6.07, 6.45) is 0.952. The Labute approximate surface area is 265 Å². The monoisotopic (exact) mass is 582 g/mol. The molecule has 0 atom stereocenters. The maximum absolute atomic E-state index is 2.44. The smallest absolute Gasteiger partial charge is 0.0543 e. The lowest BCUT2D eigenvalue weighted by Gasteiger charge is -2.26. The molecule has 2 heteroatoms. The number of nitrogens with zero attached hydrogens (tertiary/aromatic N) is 2. The van der Waals surface area contributed by atoms with Gasteiger partial charge in [0.1, 0.15) is 0 Å². The van der Waals surface area contributed by atoms with Gasteiger partial charge in [-0.15, -0.1) is 0 Å². The number of fused-ring (bicyclic) bond motifs is 6. The lowest BCUT2D eigenvalue weighted by molar-refractivity contribution is 0.523. The van der Waals surface area contributed by atoms with Crippen LogP contribution in [0, 0.1) is 0 Å². The van der Waals surface area contributed by atoms with E-state index in [0.29, 0.717) is 5.92 Å². The first-order valence-electron chi connectivity index (χ1n) is 16.1. The molecular weight excluding hydrogens is 544 g/mol. The lowest BCUT2D eigenvalue weighted by Crippen LogP contribution is -2.20. The maximum Gasteiger partial charge on any atom is 0.0543 e. The van der Waals surface area contributed by atoms with E-state index in [1.165, 1.54) is 71.7 Å². The third-order valence-corrected chi connectivity index (χ3v) is 9.65. The Bertz CT molecular complexity index is 2330. The van der Waals surface area contributed by atoms with Gasteiger partial charge in [-0.25, -0.2) is 0 Å². The zero-order valence-electron chi connectivity index (χ0n) is 26.5. The van der Waals surface area contributed by atoms with Crippen molar-refractivity contribution in [3.05, 3.63) is 156 Å². The number of aromatic nitrogens is 2. The SMILES string of the molecule is CC(C)c1ccc2c3cc(CC(C)(C)c4ccc5c(c4)c4ccccc4n5-c4ccccc4)ccc3n(-c3ccccc3)c2c1. The van der Waals surface area contributed by atoms with Crippen LogP contribution in [0.3, 0.4) is 0 Å². The summed E-state index contributed by atoms with van der Waals surface area (Å²) in [7, 11) is 0. The quantitative estimate of drug-likeness (QED) is 0.185. The van der Waals surface area contributed by atoms with Crippen molar-refractivity contribution in [3.63, 3.8) is 0 Å². The second-order valence-electron chi connectivity index (χ2n) is 13.4. The van der Waals surface area contributed by atoms with Crippen LogP contribution >= 0.6 is 0 Å². The zero-order valence-corrected chi connectivity index (χ0v) is 26.5. The van der Waals surface area contributed by atoms with E-state index in [1.807, 2.05) is 0 Å². The molecule has 6 aromatic carbocycles. The summed E-state index contributed by atoms with van der Waals surface area (Å²) < 4.78 is 4.82. The van der Waals surface area contributed by atoms with Gasteiger partial charge in [0, 0.05) is 32.9 Å². The first-order chi connectivity index (χ1) is 21.9. The van der Waals surface area contributed by atoms with Crippen LogP contribution in [-0.2, 0) is 11.8 Å². The second kappa shape index (κ2) is 10.5. The van der Waals surface area contributed by atoms with Crippen molar-refractivity contribution in [1.29, 1.82) is 0 Å². The Morgan fingerprint density at radius 3 is 1.73 bits per heavy atom. The molecule has 45 heavy (non-hydrogen) atoms. The largest absolute Gasteiger partial charge is 0.309 e. The van der Waals surface area contributed by atoms with Crippen LogP contribution < -0.4 is 0 Å². The van der Waals surface area contributed by atoms with Gasteiger partial charge >= 0.3 is 0 Å². The summed E-state index contributed by atoms with van der Waals surface area (Å²) in [5.41, 5.74) is 11.5. The molecule has 0 spiro atoms. The van der Waals surface area contributed by atoms with Crippen molar-refractivity contribution in [1.82, 2.24) is 9.13 Å². The molecule has 8 aromatic rings. The first kappa shape index (κ1) is 27.5. The molecule has 0 aliphatic rings. The number of para-hydroxylation sites is 3. The Kier molecular flexibility index (Phi) is 6.42. The summed E-state index contributed by atoms with van der Waals surface area (Å²) in [6, 6.07) is 51.5. The highest BCUT2D eigenvalue weighted by molar-refractivity contribution is 6.10. The Morgan fingerprint density at radius 2 is 1.04 bits per heavy atom. The van der Waals surface area contributed by atoms with Gasteiger partial charge in [-0.3, -0.25) is 0 Å². The van der Waals surface area contributed by atoms with Crippen LogP contribution in [0.25, 0.3) is 55.0 Å². The van der Waals surface area contributed by atoms with E-state index in [1.54, 1.807) is 0 Å². The normalized spacial score (nSPS) is 12.3. The Hall–Kier alpha value is -5.08. The van der Waals surface area contributed by atoms with E-state index >= 15 is 0 Å². The van der Waals surface area contributed by atoms with Gasteiger partial charge in [0.05, 0.1) is 22.1 Å². The predicted octanol–water partition coefficient (Wildman–Crippen LogP) is 11.5. The average molecular weight is 583 g/mol. The highest BCUT2D eigenvalue weighted by atomic mass is 15.0. The predicted molar refractivity (Wildman–Crippen MR) is 192 cm³/mol. The molecule has 0 aliphatic carbocycles. The van der Waals surface area contributed by atoms with E-state index < -0.39 is 0 Å². The minimum absolute atomic E-state index is 0.0551. The van der Waals surface area contributed by atoms with Gasteiger partial charge in [0.25, 0.3) is 0 Å². The van der Waals surface area contributed by atoms with E-state index in [2.05, 4.69) is 176 Å². The second-order valence-corrected chi connectivity index (χ2v) is 13.4. The molecule has 2 heterocycles. The Morgan fingerprint density at radius 1 is 0.489 bits per heavy atom. The topological polar surface area (TPSA) is 9.86 Å². The molecule has 2 aromatic heterocycles. The molecule has 0 fully saturated rings. The van der Waals surface area contributed by atoms with E-state index in [4.69, 9.17) is 0 Å². The molecule has 220 valence electrons. The molecule has 0 unspecified atom stereocenters. The summed E-state index contributed by atoms with van der Waals surface area (Å²) in [4.78, 5) is 0. The fraction of sp³-hybridized carbons (Fsp3) is 0.163. The number of hydrogen-bond donors (Lipinski definition) is 0. The van der Waals surface area contributed by atoms with Gasteiger partial charge in [-0.1, -0.05) is 107 Å². The van der Waals surface area contributed by atoms with Crippen molar-refractivity contribution in [2.45, 2.75) is 45.4 Å². The third kappa shape index (κ3) is 4.56. The van der Waals surface area contributed by atoms with Gasteiger partial charge in [0.2, 0.25) is 0 Å². The first-order valence-corrected chi connectivity index (χ1v) is 16.1. The van der Waals surface area contributed by atoms with Crippen LogP contribution in [0.4, 0.5) is 0 Å². The summed E-state index contributed by atoms with van der Waals surface area (Å²) in [5.74, 6) is 0.479. The zero-order chi connectivity index (χ0) is 30.7. The van der Waals surface area contributed by atoms with Gasteiger partial charge in [0.15, 0.2) is 0 Å². The molecule has 0 radical (unpaired) electrons. The Balaban J connectivity index is 1.23. The van der Waals surface area contributed by atoms with E-state index in [9.17, 15) is 0 Å². The van der Waals surface area contributed by atoms with Crippen LogP contribution in [0.15, 0.2) is 140 Å². The van der Waals surface area contributed by atoms with Crippen LogP contribution in [0.1, 0.15) is 50.3 Å². The van der Waals surface area contributed by atoms with Crippen molar-refractivity contribution in [3.8, 4) is 11.4 Å². The minimum atomic E-state index is -0.0551.